The first-order valence-corrected chi connectivity index (χ1v) is 7.83. The summed E-state index contributed by atoms with van der Waals surface area (Å²) in [5.74, 6) is -0.403. The number of carbonyl (C=O) groups excluding carboxylic acids is 2. The van der Waals surface area contributed by atoms with E-state index in [0.29, 0.717) is 29.9 Å². The van der Waals surface area contributed by atoms with Crippen LogP contribution in [0.2, 0.25) is 0 Å². The summed E-state index contributed by atoms with van der Waals surface area (Å²) in [6, 6.07) is 9.58. The molecule has 0 saturated heterocycles. The average molecular weight is 327 g/mol. The Hall–Kier alpha value is -2.89. The van der Waals surface area contributed by atoms with Gasteiger partial charge in [0, 0.05) is 49.2 Å². The molecule has 0 radical (unpaired) electrons. The molecule has 2 aromatic rings. The van der Waals surface area contributed by atoms with Gasteiger partial charge in [0.2, 0.25) is 0 Å². The minimum absolute atomic E-state index is 0.0376. The summed E-state index contributed by atoms with van der Waals surface area (Å²) in [4.78, 5) is 37.7. The maximum absolute atomic E-state index is 12.2. The lowest BCUT2D eigenvalue weighted by atomic mass is 10.1. The van der Waals surface area contributed by atoms with Crippen molar-refractivity contribution in [2.75, 3.05) is 18.4 Å². The van der Waals surface area contributed by atoms with Crippen LogP contribution in [0.1, 0.15) is 34.6 Å². The number of aryl methyl sites for hydroxylation is 1. The Bertz CT molecular complexity index is 790. The van der Waals surface area contributed by atoms with Crippen molar-refractivity contribution in [1.29, 1.82) is 0 Å². The van der Waals surface area contributed by atoms with E-state index in [1.54, 1.807) is 48.5 Å². The first-order chi connectivity index (χ1) is 11.5. The Morgan fingerprint density at radius 3 is 2.21 bits per heavy atom. The van der Waals surface area contributed by atoms with Crippen LogP contribution in [0.3, 0.4) is 0 Å². The molecule has 0 atom stereocenters. The molecule has 24 heavy (non-hydrogen) atoms. The molecule has 1 N–H and O–H groups in total. The first kappa shape index (κ1) is 17.5. The fourth-order valence-electron chi connectivity index (χ4n) is 2.28. The topological polar surface area (TPSA) is 71.4 Å². The van der Waals surface area contributed by atoms with Crippen molar-refractivity contribution in [2.24, 2.45) is 7.05 Å². The van der Waals surface area contributed by atoms with E-state index in [9.17, 15) is 14.4 Å². The Labute approximate surface area is 140 Å². The van der Waals surface area contributed by atoms with Crippen molar-refractivity contribution in [1.82, 2.24) is 9.47 Å². The molecule has 0 bridgehead atoms. The average Bonchev–Trinajstić information content (AvgIpc) is 2.59. The van der Waals surface area contributed by atoms with Crippen LogP contribution in [0, 0.1) is 0 Å². The third-order valence-corrected chi connectivity index (χ3v) is 3.81. The molecule has 0 spiro atoms. The van der Waals surface area contributed by atoms with Crippen LogP contribution in [0.15, 0.2) is 47.4 Å². The lowest BCUT2D eigenvalue weighted by Crippen LogP contribution is -2.30. The van der Waals surface area contributed by atoms with Gasteiger partial charge in [0.25, 0.3) is 17.4 Å². The van der Waals surface area contributed by atoms with Crippen molar-refractivity contribution in [3.8, 4) is 0 Å². The third kappa shape index (κ3) is 3.90. The summed E-state index contributed by atoms with van der Waals surface area (Å²) in [5, 5.41) is 2.72. The van der Waals surface area contributed by atoms with Gasteiger partial charge in [-0.2, -0.15) is 0 Å². The van der Waals surface area contributed by atoms with Crippen molar-refractivity contribution in [2.45, 2.75) is 13.8 Å². The number of anilines is 1. The largest absolute Gasteiger partial charge is 0.339 e. The van der Waals surface area contributed by atoms with Crippen molar-refractivity contribution < 1.29 is 9.59 Å². The number of hydrogen-bond acceptors (Lipinski definition) is 3. The van der Waals surface area contributed by atoms with Crippen LogP contribution in [0.5, 0.6) is 0 Å². The number of amides is 2. The molecule has 0 saturated carbocycles. The molecule has 1 aromatic carbocycles. The van der Waals surface area contributed by atoms with E-state index < -0.39 is 0 Å². The highest BCUT2D eigenvalue weighted by Gasteiger charge is 2.13. The van der Waals surface area contributed by atoms with Crippen molar-refractivity contribution in [3.63, 3.8) is 0 Å². The van der Waals surface area contributed by atoms with Gasteiger partial charge in [-0.1, -0.05) is 0 Å². The second-order valence-electron chi connectivity index (χ2n) is 5.37. The predicted molar refractivity (Wildman–Crippen MR) is 93.3 cm³/mol. The molecule has 1 aromatic heterocycles. The number of nitrogens with one attached hydrogen (secondary N) is 1. The predicted octanol–water partition coefficient (Wildman–Crippen LogP) is 2.12. The molecular weight excluding hydrogens is 306 g/mol. The van der Waals surface area contributed by atoms with E-state index in [0.717, 1.165) is 0 Å². The minimum atomic E-state index is -0.365. The molecule has 6 nitrogen and oxygen atoms in total. The molecule has 126 valence electrons. The normalized spacial score (nSPS) is 10.3. The molecule has 1 heterocycles. The second kappa shape index (κ2) is 7.59. The molecule has 0 aliphatic carbocycles. The van der Waals surface area contributed by atoms with Crippen molar-refractivity contribution in [3.05, 3.63) is 64.1 Å². The molecule has 0 fully saturated rings. The molecular formula is C18H21N3O3. The number of nitrogens with zero attached hydrogens (tertiary/aromatic N) is 2. The number of hydrogen-bond donors (Lipinski definition) is 1. The van der Waals surface area contributed by atoms with Gasteiger partial charge in [0.15, 0.2) is 0 Å². The number of carbonyl (C=O) groups is 2. The zero-order valence-corrected chi connectivity index (χ0v) is 14.1. The lowest BCUT2D eigenvalue weighted by Gasteiger charge is -2.18. The molecule has 0 aliphatic heterocycles. The Kier molecular flexibility index (Phi) is 5.52. The molecule has 2 rings (SSSR count). The Balaban J connectivity index is 2.11. The maximum atomic E-state index is 12.2. The second-order valence-corrected chi connectivity index (χ2v) is 5.37. The zero-order chi connectivity index (χ0) is 17.7. The number of rotatable bonds is 5. The number of aromatic nitrogens is 1. The van der Waals surface area contributed by atoms with Crippen LogP contribution in [0.25, 0.3) is 0 Å². The van der Waals surface area contributed by atoms with E-state index in [-0.39, 0.29) is 17.4 Å². The van der Waals surface area contributed by atoms with Crippen LogP contribution >= 0.6 is 0 Å². The van der Waals surface area contributed by atoms with Gasteiger partial charge >= 0.3 is 0 Å². The van der Waals surface area contributed by atoms with Gasteiger partial charge < -0.3 is 14.8 Å². The van der Waals surface area contributed by atoms with Gasteiger partial charge in [0.05, 0.1) is 0 Å². The number of benzene rings is 1. The van der Waals surface area contributed by atoms with Crippen LogP contribution in [-0.4, -0.2) is 34.4 Å². The zero-order valence-electron chi connectivity index (χ0n) is 14.1. The maximum Gasteiger partial charge on any atom is 0.255 e. The molecule has 6 heteroatoms. The summed E-state index contributed by atoms with van der Waals surface area (Å²) in [6.07, 6.45) is 1.54. The summed E-state index contributed by atoms with van der Waals surface area (Å²) >= 11 is 0. The highest BCUT2D eigenvalue weighted by Crippen LogP contribution is 2.13. The fourth-order valence-corrected chi connectivity index (χ4v) is 2.28. The Morgan fingerprint density at radius 2 is 1.67 bits per heavy atom. The summed E-state index contributed by atoms with van der Waals surface area (Å²) in [5.41, 5.74) is 1.19. The molecule has 0 unspecified atom stereocenters. The fraction of sp³-hybridized carbons (Fsp3) is 0.278. The van der Waals surface area contributed by atoms with Gasteiger partial charge in [-0.05, 0) is 44.2 Å². The van der Waals surface area contributed by atoms with Gasteiger partial charge in [-0.15, -0.1) is 0 Å². The van der Waals surface area contributed by atoms with Crippen molar-refractivity contribution >= 4 is 17.5 Å². The van der Waals surface area contributed by atoms with E-state index in [2.05, 4.69) is 5.32 Å². The van der Waals surface area contributed by atoms with E-state index >= 15 is 0 Å². The van der Waals surface area contributed by atoms with E-state index in [1.807, 2.05) is 13.8 Å². The summed E-state index contributed by atoms with van der Waals surface area (Å²) < 4.78 is 1.39. The SMILES string of the molecule is CCN(CC)C(=O)c1ccc(NC(=O)c2ccn(C)c(=O)c2)cc1. The lowest BCUT2D eigenvalue weighted by molar-refractivity contribution is 0.0773. The van der Waals surface area contributed by atoms with Crippen LogP contribution < -0.4 is 10.9 Å². The summed E-state index contributed by atoms with van der Waals surface area (Å²) in [6.45, 7) is 5.16. The monoisotopic (exact) mass is 327 g/mol. The Morgan fingerprint density at radius 1 is 1.04 bits per heavy atom. The minimum Gasteiger partial charge on any atom is -0.339 e. The highest BCUT2D eigenvalue weighted by atomic mass is 16.2. The smallest absolute Gasteiger partial charge is 0.255 e. The number of pyridine rings is 1. The quantitative estimate of drug-likeness (QED) is 0.914. The van der Waals surface area contributed by atoms with Gasteiger partial charge in [0.1, 0.15) is 0 Å². The first-order valence-electron chi connectivity index (χ1n) is 7.83. The molecule has 0 aliphatic rings. The third-order valence-electron chi connectivity index (χ3n) is 3.81. The standard InChI is InChI=1S/C18H21N3O3/c1-4-21(5-2)18(24)13-6-8-15(9-7-13)19-17(23)14-10-11-20(3)16(22)12-14/h6-12H,4-5H2,1-3H3,(H,19,23). The van der Waals surface area contributed by atoms with Crippen LogP contribution in [0.4, 0.5) is 5.69 Å². The highest BCUT2D eigenvalue weighted by molar-refractivity contribution is 6.04. The van der Waals surface area contributed by atoms with E-state index in [1.165, 1.54) is 10.6 Å². The van der Waals surface area contributed by atoms with Gasteiger partial charge in [-0.3, -0.25) is 14.4 Å². The molecule has 2 amide bonds. The van der Waals surface area contributed by atoms with E-state index in [4.69, 9.17) is 0 Å². The van der Waals surface area contributed by atoms with Crippen LogP contribution in [-0.2, 0) is 7.05 Å². The summed E-state index contributed by atoms with van der Waals surface area (Å²) in [7, 11) is 1.62. The van der Waals surface area contributed by atoms with Gasteiger partial charge in [-0.25, -0.2) is 0 Å².